The first-order valence-electron chi connectivity index (χ1n) is 9.96. The Labute approximate surface area is 173 Å². The zero-order valence-corrected chi connectivity index (χ0v) is 16.7. The highest BCUT2D eigenvalue weighted by Gasteiger charge is 2.08. The number of hydrogen-bond acceptors (Lipinski definition) is 4. The molecule has 0 bridgehead atoms. The lowest BCUT2D eigenvalue weighted by atomic mass is 10.1. The summed E-state index contributed by atoms with van der Waals surface area (Å²) in [5, 5.41) is 14.7. The summed E-state index contributed by atoms with van der Waals surface area (Å²) in [6.07, 6.45) is 4.96. The van der Waals surface area contributed by atoms with Crippen LogP contribution < -0.4 is 10.6 Å². The number of furan rings is 1. The van der Waals surface area contributed by atoms with E-state index in [-0.39, 0.29) is 5.82 Å². The van der Waals surface area contributed by atoms with E-state index in [0.717, 1.165) is 41.2 Å². The Hall–Kier alpha value is -3.62. The monoisotopic (exact) mass is 409 g/mol. The van der Waals surface area contributed by atoms with Gasteiger partial charge in [0, 0.05) is 43.2 Å². The minimum Gasteiger partial charge on any atom is -0.461 e. The molecule has 156 valence electrons. The number of nitrogens with zero attached hydrogens (tertiary/aromatic N) is 3. The molecule has 9 heteroatoms. The number of rotatable bonds is 8. The first-order valence-corrected chi connectivity index (χ1v) is 9.96. The molecule has 0 aliphatic heterocycles. The predicted octanol–water partition coefficient (Wildman–Crippen LogP) is 3.03. The lowest BCUT2D eigenvalue weighted by molar-refractivity contribution is 0.577. The van der Waals surface area contributed by atoms with Gasteiger partial charge in [0.1, 0.15) is 11.6 Å². The van der Waals surface area contributed by atoms with Crippen molar-refractivity contribution in [2.24, 2.45) is 4.99 Å². The molecule has 0 spiro atoms. The van der Waals surface area contributed by atoms with Gasteiger partial charge in [-0.1, -0.05) is 0 Å². The first kappa shape index (κ1) is 19.7. The number of halogens is 1. The van der Waals surface area contributed by atoms with Crippen LogP contribution >= 0.6 is 0 Å². The number of H-pyrrole nitrogens is 2. The molecule has 3 heterocycles. The number of hydrogen-bond donors (Lipinski definition) is 4. The molecule has 0 unspecified atom stereocenters. The minimum atomic E-state index is -0.237. The average Bonchev–Trinajstić information content (AvgIpc) is 3.49. The molecule has 4 rings (SSSR count). The van der Waals surface area contributed by atoms with Crippen molar-refractivity contribution in [3.63, 3.8) is 0 Å². The third-order valence-electron chi connectivity index (χ3n) is 4.65. The van der Waals surface area contributed by atoms with Gasteiger partial charge in [-0.25, -0.2) is 9.37 Å². The summed E-state index contributed by atoms with van der Waals surface area (Å²) in [6, 6.07) is 8.43. The van der Waals surface area contributed by atoms with Crippen molar-refractivity contribution in [1.29, 1.82) is 0 Å². The van der Waals surface area contributed by atoms with Gasteiger partial charge in [-0.3, -0.25) is 10.1 Å². The molecule has 0 radical (unpaired) electrons. The Morgan fingerprint density at radius 3 is 3.00 bits per heavy atom. The van der Waals surface area contributed by atoms with Gasteiger partial charge in [-0.2, -0.15) is 5.10 Å². The van der Waals surface area contributed by atoms with Gasteiger partial charge in [0.15, 0.2) is 11.7 Å². The molecular formula is C21H24FN7O. The maximum atomic E-state index is 13.3. The fourth-order valence-corrected chi connectivity index (χ4v) is 3.22. The van der Waals surface area contributed by atoms with Gasteiger partial charge in [-0.05, 0) is 49.2 Å². The van der Waals surface area contributed by atoms with Crippen LogP contribution in [0.4, 0.5) is 4.39 Å². The van der Waals surface area contributed by atoms with Crippen LogP contribution in [0.25, 0.3) is 22.5 Å². The highest BCUT2D eigenvalue weighted by atomic mass is 19.1. The lowest BCUT2D eigenvalue weighted by Crippen LogP contribution is -2.38. The fourth-order valence-electron chi connectivity index (χ4n) is 3.22. The van der Waals surface area contributed by atoms with E-state index >= 15 is 0 Å². The Kier molecular flexibility index (Phi) is 6.07. The van der Waals surface area contributed by atoms with Crippen LogP contribution in [0.5, 0.6) is 0 Å². The zero-order chi connectivity index (χ0) is 20.8. The number of nitrogens with one attached hydrogen (secondary N) is 4. The van der Waals surface area contributed by atoms with Crippen molar-refractivity contribution in [2.75, 3.05) is 19.6 Å². The Morgan fingerprint density at radius 2 is 2.17 bits per heavy atom. The van der Waals surface area contributed by atoms with E-state index in [9.17, 15) is 4.39 Å². The summed E-state index contributed by atoms with van der Waals surface area (Å²) in [4.78, 5) is 12.1. The van der Waals surface area contributed by atoms with Crippen LogP contribution in [0.15, 0.2) is 52.2 Å². The molecule has 0 aliphatic rings. The normalized spacial score (nSPS) is 11.9. The molecular weight excluding hydrogens is 385 g/mol. The van der Waals surface area contributed by atoms with E-state index in [0.29, 0.717) is 31.1 Å². The summed E-state index contributed by atoms with van der Waals surface area (Å²) in [5.74, 6) is 2.44. The topological polar surface area (TPSA) is 107 Å². The van der Waals surface area contributed by atoms with Crippen molar-refractivity contribution in [2.45, 2.75) is 19.8 Å². The predicted molar refractivity (Wildman–Crippen MR) is 114 cm³/mol. The van der Waals surface area contributed by atoms with Crippen molar-refractivity contribution in [3.8, 4) is 11.6 Å². The second-order valence-corrected chi connectivity index (χ2v) is 6.77. The summed E-state index contributed by atoms with van der Waals surface area (Å²) >= 11 is 0. The van der Waals surface area contributed by atoms with E-state index < -0.39 is 0 Å². The largest absolute Gasteiger partial charge is 0.461 e. The zero-order valence-electron chi connectivity index (χ0n) is 16.7. The maximum Gasteiger partial charge on any atom is 0.216 e. The van der Waals surface area contributed by atoms with E-state index in [4.69, 9.17) is 4.42 Å². The number of aromatic nitrogens is 4. The lowest BCUT2D eigenvalue weighted by Gasteiger charge is -2.10. The van der Waals surface area contributed by atoms with Crippen LogP contribution in [0.1, 0.15) is 18.3 Å². The Balaban J connectivity index is 1.30. The second-order valence-electron chi connectivity index (χ2n) is 6.77. The second kappa shape index (κ2) is 9.25. The van der Waals surface area contributed by atoms with Crippen LogP contribution in [0, 0.1) is 5.82 Å². The molecule has 3 aromatic heterocycles. The SMILES string of the molecule is CCNC(=NCCc1nc(-c2ccco2)n[nH]1)NCCc1c[nH]c2cc(F)ccc12. The van der Waals surface area contributed by atoms with Crippen LogP contribution in [-0.4, -0.2) is 45.8 Å². The van der Waals surface area contributed by atoms with Crippen molar-refractivity contribution in [1.82, 2.24) is 30.8 Å². The van der Waals surface area contributed by atoms with Crippen molar-refractivity contribution in [3.05, 3.63) is 60.0 Å². The number of aliphatic imine (C=N–C) groups is 1. The minimum absolute atomic E-state index is 0.237. The molecule has 1 aromatic carbocycles. The summed E-state index contributed by atoms with van der Waals surface area (Å²) < 4.78 is 18.6. The van der Waals surface area contributed by atoms with Gasteiger partial charge < -0.3 is 20.0 Å². The number of aromatic amines is 2. The Bertz CT molecular complexity index is 1110. The van der Waals surface area contributed by atoms with Crippen molar-refractivity contribution < 1.29 is 8.81 Å². The molecule has 0 amide bonds. The van der Waals surface area contributed by atoms with Gasteiger partial charge >= 0.3 is 0 Å². The molecule has 4 aromatic rings. The highest BCUT2D eigenvalue weighted by Crippen LogP contribution is 2.19. The summed E-state index contributed by atoms with van der Waals surface area (Å²) in [7, 11) is 0. The average molecular weight is 409 g/mol. The molecule has 4 N–H and O–H groups in total. The number of benzene rings is 1. The van der Waals surface area contributed by atoms with Gasteiger partial charge in [0.05, 0.1) is 6.26 Å². The molecule has 0 saturated carbocycles. The Morgan fingerprint density at radius 1 is 1.23 bits per heavy atom. The van der Waals surface area contributed by atoms with Crippen molar-refractivity contribution >= 4 is 16.9 Å². The van der Waals surface area contributed by atoms with Crippen LogP contribution in [0.3, 0.4) is 0 Å². The summed E-state index contributed by atoms with van der Waals surface area (Å²) in [5.41, 5.74) is 1.95. The third-order valence-corrected chi connectivity index (χ3v) is 4.65. The van der Waals surface area contributed by atoms with Crippen LogP contribution in [-0.2, 0) is 12.8 Å². The molecule has 0 aliphatic carbocycles. The number of guanidine groups is 1. The third kappa shape index (κ3) is 4.68. The van der Waals surface area contributed by atoms with E-state index in [1.165, 1.54) is 12.1 Å². The maximum absolute atomic E-state index is 13.3. The molecule has 0 atom stereocenters. The van der Waals surface area contributed by atoms with E-state index in [1.807, 2.05) is 25.3 Å². The molecule has 8 nitrogen and oxygen atoms in total. The van der Waals surface area contributed by atoms with Gasteiger partial charge in [0.25, 0.3) is 0 Å². The smallest absolute Gasteiger partial charge is 0.216 e. The summed E-state index contributed by atoms with van der Waals surface area (Å²) in [6.45, 7) is 4.07. The van der Waals surface area contributed by atoms with E-state index in [1.54, 1.807) is 12.3 Å². The van der Waals surface area contributed by atoms with Crippen LogP contribution in [0.2, 0.25) is 0 Å². The fraction of sp³-hybridized carbons (Fsp3) is 0.286. The van der Waals surface area contributed by atoms with E-state index in [2.05, 4.69) is 35.8 Å². The first-order chi connectivity index (χ1) is 14.7. The van der Waals surface area contributed by atoms with Gasteiger partial charge in [-0.15, -0.1) is 0 Å². The van der Waals surface area contributed by atoms with Gasteiger partial charge in [0.2, 0.25) is 5.82 Å². The highest BCUT2D eigenvalue weighted by molar-refractivity contribution is 5.83. The quantitative estimate of drug-likeness (QED) is 0.264. The molecule has 30 heavy (non-hydrogen) atoms. The molecule has 0 fully saturated rings. The number of fused-ring (bicyclic) bond motifs is 1. The molecule has 0 saturated heterocycles. The standard InChI is InChI=1S/C21H24FN7O/c1-2-23-21(24-9-7-14-13-26-17-12-15(22)5-6-16(14)17)25-10-8-19-27-20(29-28-19)18-4-3-11-30-18/h3-6,11-13,26H,2,7-10H2,1H3,(H2,23,24,25)(H,27,28,29).